The van der Waals surface area contributed by atoms with Gasteiger partial charge in [-0.3, -0.25) is 0 Å². The van der Waals surface area contributed by atoms with Crippen molar-refractivity contribution in [2.24, 2.45) is 0 Å². The van der Waals surface area contributed by atoms with Crippen molar-refractivity contribution in [3.8, 4) is 5.69 Å². The first-order valence-electron chi connectivity index (χ1n) is 12.3. The van der Waals surface area contributed by atoms with Crippen LogP contribution in [-0.2, 0) is 11.3 Å². The molecule has 34 heavy (non-hydrogen) atoms. The standard InChI is InChI=1S/C28H33N3O3/c1-18-16-20(3)25(21(4)17-18)23-12-8-9-13-24(23)34-26-19(2)14-15-29-27(32)30(28(33)31(26)29)22-10-6-5-7-11-22/h5-7,10-11,14,16-17,23-24,26H,8-9,12-13,15H2,1-4H3/t23-,24-,26+/m1/s1. The zero-order chi connectivity index (χ0) is 24.0. The van der Waals surface area contributed by atoms with Crippen molar-refractivity contribution >= 4 is 0 Å². The largest absolute Gasteiger partial charge is 0.354 e. The summed E-state index contributed by atoms with van der Waals surface area (Å²) in [7, 11) is 0. The summed E-state index contributed by atoms with van der Waals surface area (Å²) in [4.78, 5) is 26.7. The zero-order valence-electron chi connectivity index (χ0n) is 20.5. The number of hydrogen-bond donors (Lipinski definition) is 0. The van der Waals surface area contributed by atoms with Gasteiger partial charge in [0.15, 0.2) is 6.23 Å². The Morgan fingerprint density at radius 1 is 0.882 bits per heavy atom. The molecule has 1 aliphatic heterocycles. The molecule has 0 radical (unpaired) electrons. The second-order valence-corrected chi connectivity index (χ2v) is 9.84. The van der Waals surface area contributed by atoms with Gasteiger partial charge in [-0.1, -0.05) is 54.8 Å². The second kappa shape index (κ2) is 8.91. The van der Waals surface area contributed by atoms with Gasteiger partial charge in [-0.25, -0.2) is 18.8 Å². The molecule has 1 aromatic heterocycles. The zero-order valence-corrected chi connectivity index (χ0v) is 20.5. The van der Waals surface area contributed by atoms with Crippen LogP contribution in [0.15, 0.2) is 63.7 Å². The Morgan fingerprint density at radius 2 is 1.56 bits per heavy atom. The van der Waals surface area contributed by atoms with E-state index >= 15 is 0 Å². The van der Waals surface area contributed by atoms with Crippen LogP contribution in [0.2, 0.25) is 0 Å². The number of benzene rings is 2. The van der Waals surface area contributed by atoms with Crippen LogP contribution in [0.5, 0.6) is 0 Å². The molecule has 1 saturated carbocycles. The van der Waals surface area contributed by atoms with E-state index in [0.717, 1.165) is 24.8 Å². The first kappa shape index (κ1) is 22.7. The molecule has 6 nitrogen and oxygen atoms in total. The van der Waals surface area contributed by atoms with Crippen molar-refractivity contribution in [3.63, 3.8) is 0 Å². The third kappa shape index (κ3) is 3.80. The van der Waals surface area contributed by atoms with Crippen molar-refractivity contribution in [2.45, 2.75) is 78.2 Å². The number of nitrogens with zero attached hydrogens (tertiary/aromatic N) is 3. The highest BCUT2D eigenvalue weighted by Crippen LogP contribution is 2.40. The maximum atomic E-state index is 13.5. The molecule has 2 heterocycles. The van der Waals surface area contributed by atoms with Crippen LogP contribution >= 0.6 is 0 Å². The van der Waals surface area contributed by atoms with Gasteiger partial charge in [-0.05, 0) is 74.9 Å². The Labute approximate surface area is 200 Å². The van der Waals surface area contributed by atoms with Crippen LogP contribution in [0.25, 0.3) is 5.69 Å². The van der Waals surface area contributed by atoms with E-state index in [1.54, 1.807) is 12.1 Å². The molecule has 0 amide bonds. The first-order valence-corrected chi connectivity index (χ1v) is 12.3. The van der Waals surface area contributed by atoms with Gasteiger partial charge in [-0.15, -0.1) is 0 Å². The summed E-state index contributed by atoms with van der Waals surface area (Å²) in [6.45, 7) is 8.87. The van der Waals surface area contributed by atoms with Gasteiger partial charge in [-0.2, -0.15) is 4.68 Å². The molecule has 2 aliphatic rings. The predicted octanol–water partition coefficient (Wildman–Crippen LogP) is 4.93. The van der Waals surface area contributed by atoms with Gasteiger partial charge in [0.25, 0.3) is 0 Å². The number of allylic oxidation sites excluding steroid dienone is 1. The highest BCUT2D eigenvalue weighted by atomic mass is 16.5. The van der Waals surface area contributed by atoms with E-state index in [1.165, 1.54) is 42.6 Å². The van der Waals surface area contributed by atoms with Gasteiger partial charge >= 0.3 is 11.4 Å². The molecule has 0 unspecified atom stereocenters. The third-order valence-electron chi connectivity index (χ3n) is 7.39. The van der Waals surface area contributed by atoms with Gasteiger partial charge in [0.1, 0.15) is 0 Å². The first-order chi connectivity index (χ1) is 16.4. The van der Waals surface area contributed by atoms with Crippen molar-refractivity contribution < 1.29 is 4.74 Å². The number of aryl methyl sites for hydroxylation is 3. The van der Waals surface area contributed by atoms with Gasteiger partial charge < -0.3 is 4.74 Å². The average Bonchev–Trinajstić information content (AvgIpc) is 3.06. The fraction of sp³-hybridized carbons (Fsp3) is 0.429. The van der Waals surface area contributed by atoms with Gasteiger partial charge in [0.05, 0.1) is 18.3 Å². The van der Waals surface area contributed by atoms with E-state index in [0.29, 0.717) is 12.2 Å². The highest BCUT2D eigenvalue weighted by molar-refractivity contribution is 5.41. The fourth-order valence-electron chi connectivity index (χ4n) is 5.91. The number of hydrogen-bond acceptors (Lipinski definition) is 3. The lowest BCUT2D eigenvalue weighted by Crippen LogP contribution is -2.39. The summed E-state index contributed by atoms with van der Waals surface area (Å²) in [6, 6.07) is 13.6. The summed E-state index contributed by atoms with van der Waals surface area (Å²) in [5, 5.41) is 0. The Kier molecular flexibility index (Phi) is 5.94. The summed E-state index contributed by atoms with van der Waals surface area (Å²) in [6.07, 6.45) is 5.68. The monoisotopic (exact) mass is 459 g/mol. The highest BCUT2D eigenvalue weighted by Gasteiger charge is 2.35. The van der Waals surface area contributed by atoms with Crippen molar-refractivity contribution in [3.05, 3.63) is 97.3 Å². The van der Waals surface area contributed by atoms with E-state index in [2.05, 4.69) is 32.9 Å². The number of para-hydroxylation sites is 1. The molecule has 3 aromatic rings. The number of aromatic nitrogens is 3. The molecular weight excluding hydrogens is 426 g/mol. The lowest BCUT2D eigenvalue weighted by Gasteiger charge is -2.37. The van der Waals surface area contributed by atoms with Gasteiger partial charge in [0.2, 0.25) is 0 Å². The summed E-state index contributed by atoms with van der Waals surface area (Å²) in [5.41, 5.74) is 6.10. The minimum absolute atomic E-state index is 0.0177. The van der Waals surface area contributed by atoms with Crippen LogP contribution in [0, 0.1) is 20.8 Å². The molecule has 0 N–H and O–H groups in total. The quantitative estimate of drug-likeness (QED) is 0.520. The molecule has 1 fully saturated rings. The summed E-state index contributed by atoms with van der Waals surface area (Å²) >= 11 is 0. The van der Waals surface area contributed by atoms with Gasteiger partial charge in [0, 0.05) is 5.92 Å². The van der Waals surface area contributed by atoms with E-state index in [9.17, 15) is 9.59 Å². The van der Waals surface area contributed by atoms with E-state index in [4.69, 9.17) is 4.74 Å². The normalized spacial score (nSPS) is 22.4. The molecule has 2 aromatic carbocycles. The average molecular weight is 460 g/mol. The molecule has 6 heteroatoms. The smallest absolute Gasteiger partial charge is 0.349 e. The second-order valence-electron chi connectivity index (χ2n) is 9.84. The topological polar surface area (TPSA) is 58.2 Å². The lowest BCUT2D eigenvalue weighted by molar-refractivity contribution is -0.0735. The predicted molar refractivity (Wildman–Crippen MR) is 134 cm³/mol. The minimum Gasteiger partial charge on any atom is -0.349 e. The number of fused-ring (bicyclic) bond motifs is 1. The molecule has 0 bridgehead atoms. The fourth-order valence-corrected chi connectivity index (χ4v) is 5.91. The summed E-state index contributed by atoms with van der Waals surface area (Å²) < 4.78 is 11.1. The Hall–Kier alpha value is -3.12. The number of rotatable bonds is 4. The molecule has 5 rings (SSSR count). The maximum absolute atomic E-state index is 13.5. The Balaban J connectivity index is 1.55. The Bertz CT molecular complexity index is 1340. The molecule has 0 saturated heterocycles. The van der Waals surface area contributed by atoms with Crippen LogP contribution < -0.4 is 11.4 Å². The number of ether oxygens (including phenoxy) is 1. The van der Waals surface area contributed by atoms with E-state index in [1.807, 2.05) is 31.2 Å². The third-order valence-corrected chi connectivity index (χ3v) is 7.39. The molecular formula is C28H33N3O3. The minimum atomic E-state index is -0.587. The maximum Gasteiger partial charge on any atom is 0.354 e. The van der Waals surface area contributed by atoms with Crippen molar-refractivity contribution in [1.29, 1.82) is 0 Å². The van der Waals surface area contributed by atoms with Crippen LogP contribution in [0.1, 0.15) is 67.0 Å². The molecule has 1 aliphatic carbocycles. The van der Waals surface area contributed by atoms with Crippen LogP contribution in [0.4, 0.5) is 0 Å². The Morgan fingerprint density at radius 3 is 2.26 bits per heavy atom. The molecule has 3 atom stereocenters. The van der Waals surface area contributed by atoms with Crippen LogP contribution in [0.3, 0.4) is 0 Å². The SMILES string of the molecule is CC1=CCn2c(=O)n(-c3ccccc3)c(=O)n2[C@H]1O[C@@H]1CCCC[C@H]1c1c(C)cc(C)cc1C. The molecule has 178 valence electrons. The van der Waals surface area contributed by atoms with Crippen molar-refractivity contribution in [1.82, 2.24) is 13.9 Å². The molecule has 0 spiro atoms. The van der Waals surface area contributed by atoms with E-state index in [-0.39, 0.29) is 23.4 Å². The summed E-state index contributed by atoms with van der Waals surface area (Å²) in [5.74, 6) is 0.274. The van der Waals surface area contributed by atoms with Crippen LogP contribution in [-0.4, -0.2) is 20.0 Å². The van der Waals surface area contributed by atoms with Crippen molar-refractivity contribution in [2.75, 3.05) is 0 Å². The van der Waals surface area contributed by atoms with E-state index < -0.39 is 6.23 Å². The lowest BCUT2D eigenvalue weighted by atomic mass is 9.78.